The summed E-state index contributed by atoms with van der Waals surface area (Å²) in [5.41, 5.74) is 2.53. The SMILES string of the molecule is Cc1cc(S(=O)(=O)N2CCCNc3ccccc32)sc1Br. The summed E-state index contributed by atoms with van der Waals surface area (Å²) in [5, 5.41) is 3.28. The average molecular weight is 387 g/mol. The molecule has 0 amide bonds. The first-order valence-corrected chi connectivity index (χ1v) is 9.66. The van der Waals surface area contributed by atoms with Crippen LogP contribution < -0.4 is 9.62 Å². The Balaban J connectivity index is 2.10. The van der Waals surface area contributed by atoms with Crippen molar-refractivity contribution < 1.29 is 8.42 Å². The van der Waals surface area contributed by atoms with Crippen molar-refractivity contribution >= 4 is 48.7 Å². The van der Waals surface area contributed by atoms with Crippen LogP contribution in [-0.2, 0) is 10.0 Å². The molecule has 0 spiro atoms. The van der Waals surface area contributed by atoms with Gasteiger partial charge in [0, 0.05) is 13.1 Å². The number of aryl methyl sites for hydroxylation is 1. The minimum Gasteiger partial charge on any atom is -0.383 e. The zero-order valence-corrected chi connectivity index (χ0v) is 14.7. The van der Waals surface area contributed by atoms with Crippen LogP contribution >= 0.6 is 27.3 Å². The smallest absolute Gasteiger partial charge is 0.273 e. The molecule has 2 aromatic rings. The van der Waals surface area contributed by atoms with Gasteiger partial charge in [0.2, 0.25) is 0 Å². The lowest BCUT2D eigenvalue weighted by molar-refractivity contribution is 0.592. The largest absolute Gasteiger partial charge is 0.383 e. The molecule has 0 aliphatic carbocycles. The van der Waals surface area contributed by atoms with Gasteiger partial charge in [-0.2, -0.15) is 0 Å². The standard InChI is InChI=1S/C14H15BrN2O2S2/c1-10-9-13(20-14(10)15)21(18,19)17-8-4-7-16-11-5-2-3-6-12(11)17/h2-3,5-6,9,16H,4,7-8H2,1H3. The Bertz CT molecular complexity index is 752. The highest BCUT2D eigenvalue weighted by atomic mass is 79.9. The molecule has 112 valence electrons. The van der Waals surface area contributed by atoms with E-state index < -0.39 is 10.0 Å². The van der Waals surface area contributed by atoms with Gasteiger partial charge in [-0.25, -0.2) is 8.42 Å². The Hall–Kier alpha value is -1.05. The molecule has 4 nitrogen and oxygen atoms in total. The van der Waals surface area contributed by atoms with Crippen LogP contribution in [0.5, 0.6) is 0 Å². The van der Waals surface area contributed by atoms with E-state index in [1.54, 1.807) is 6.07 Å². The maximum absolute atomic E-state index is 13.0. The van der Waals surface area contributed by atoms with Gasteiger partial charge in [0.1, 0.15) is 4.21 Å². The van der Waals surface area contributed by atoms with E-state index in [4.69, 9.17) is 0 Å². The number of hydrogen-bond acceptors (Lipinski definition) is 4. The van der Waals surface area contributed by atoms with E-state index in [-0.39, 0.29) is 0 Å². The van der Waals surface area contributed by atoms with Gasteiger partial charge in [-0.1, -0.05) is 12.1 Å². The van der Waals surface area contributed by atoms with Crippen LogP contribution in [0.3, 0.4) is 0 Å². The van der Waals surface area contributed by atoms with Crippen molar-refractivity contribution in [2.75, 3.05) is 22.7 Å². The molecule has 0 atom stereocenters. The van der Waals surface area contributed by atoms with Crippen LogP contribution in [0.15, 0.2) is 38.3 Å². The Labute approximate surface area is 137 Å². The van der Waals surface area contributed by atoms with E-state index in [1.165, 1.54) is 15.6 Å². The number of benzene rings is 1. The second-order valence-corrected chi connectivity index (χ2v) is 9.36. The topological polar surface area (TPSA) is 49.4 Å². The number of halogens is 1. The summed E-state index contributed by atoms with van der Waals surface area (Å²) in [5.74, 6) is 0. The summed E-state index contributed by atoms with van der Waals surface area (Å²) >= 11 is 4.67. The zero-order valence-electron chi connectivity index (χ0n) is 11.5. The summed E-state index contributed by atoms with van der Waals surface area (Å²) in [6.45, 7) is 3.16. The highest BCUT2D eigenvalue weighted by molar-refractivity contribution is 9.11. The Morgan fingerprint density at radius 2 is 2.10 bits per heavy atom. The van der Waals surface area contributed by atoms with Crippen LogP contribution in [0, 0.1) is 6.92 Å². The van der Waals surface area contributed by atoms with E-state index >= 15 is 0 Å². The lowest BCUT2D eigenvalue weighted by Gasteiger charge is -2.23. The summed E-state index contributed by atoms with van der Waals surface area (Å²) in [6, 6.07) is 9.27. The first-order chi connectivity index (χ1) is 10.00. The predicted octanol–water partition coefficient (Wildman–Crippen LogP) is 3.83. The molecule has 1 aliphatic rings. The molecule has 0 unspecified atom stereocenters. The third-order valence-electron chi connectivity index (χ3n) is 3.41. The molecular weight excluding hydrogens is 372 g/mol. The van der Waals surface area contributed by atoms with Gasteiger partial charge >= 0.3 is 0 Å². The van der Waals surface area contributed by atoms with Gasteiger partial charge in [-0.3, -0.25) is 4.31 Å². The minimum atomic E-state index is -3.52. The second kappa shape index (κ2) is 5.62. The van der Waals surface area contributed by atoms with Gasteiger partial charge in [0.15, 0.2) is 0 Å². The average Bonchev–Trinajstić information content (AvgIpc) is 2.69. The lowest BCUT2D eigenvalue weighted by Crippen LogP contribution is -2.31. The zero-order chi connectivity index (χ0) is 15.0. The molecule has 1 aliphatic heterocycles. The molecule has 1 aromatic heterocycles. The molecule has 0 saturated carbocycles. The summed E-state index contributed by atoms with van der Waals surface area (Å²) in [7, 11) is -3.52. The molecule has 7 heteroatoms. The Morgan fingerprint density at radius 1 is 1.33 bits per heavy atom. The minimum absolute atomic E-state index is 0.378. The van der Waals surface area contributed by atoms with E-state index in [1.807, 2.05) is 31.2 Å². The summed E-state index contributed by atoms with van der Waals surface area (Å²) < 4.78 is 28.7. The van der Waals surface area contributed by atoms with Crippen LogP contribution in [0.4, 0.5) is 11.4 Å². The van der Waals surface area contributed by atoms with Crippen molar-refractivity contribution in [3.05, 3.63) is 39.7 Å². The highest BCUT2D eigenvalue weighted by Gasteiger charge is 2.29. The van der Waals surface area contributed by atoms with E-state index in [2.05, 4.69) is 21.2 Å². The third kappa shape index (κ3) is 2.69. The quantitative estimate of drug-likeness (QED) is 0.852. The lowest BCUT2D eigenvalue weighted by atomic mass is 10.2. The molecule has 0 bridgehead atoms. The fraction of sp³-hybridized carbons (Fsp3) is 0.286. The van der Waals surface area contributed by atoms with Gasteiger partial charge in [-0.05, 0) is 53.0 Å². The van der Waals surface area contributed by atoms with Gasteiger partial charge in [0.25, 0.3) is 10.0 Å². The maximum Gasteiger partial charge on any atom is 0.273 e. The fourth-order valence-electron chi connectivity index (χ4n) is 2.32. The fourth-order valence-corrected chi connectivity index (χ4v) is 6.19. The summed E-state index contributed by atoms with van der Waals surface area (Å²) in [6.07, 6.45) is 0.777. The molecule has 0 fully saturated rings. The molecule has 21 heavy (non-hydrogen) atoms. The molecule has 0 radical (unpaired) electrons. The van der Waals surface area contributed by atoms with Crippen molar-refractivity contribution in [2.24, 2.45) is 0 Å². The monoisotopic (exact) mass is 386 g/mol. The number of thiophene rings is 1. The number of anilines is 2. The number of nitrogens with one attached hydrogen (secondary N) is 1. The van der Waals surface area contributed by atoms with Crippen LogP contribution in [0.1, 0.15) is 12.0 Å². The van der Waals surface area contributed by atoms with Gasteiger partial charge < -0.3 is 5.32 Å². The van der Waals surface area contributed by atoms with E-state index in [0.717, 1.165) is 33.7 Å². The van der Waals surface area contributed by atoms with Crippen LogP contribution in [0.25, 0.3) is 0 Å². The number of hydrogen-bond donors (Lipinski definition) is 1. The number of sulfonamides is 1. The molecule has 3 rings (SSSR count). The van der Waals surface area contributed by atoms with E-state index in [0.29, 0.717) is 10.8 Å². The first-order valence-electron chi connectivity index (χ1n) is 6.62. The number of para-hydroxylation sites is 2. The Morgan fingerprint density at radius 3 is 2.81 bits per heavy atom. The number of nitrogens with zero attached hydrogens (tertiary/aromatic N) is 1. The number of rotatable bonds is 2. The normalized spacial score (nSPS) is 15.2. The van der Waals surface area contributed by atoms with Crippen LogP contribution in [0.2, 0.25) is 0 Å². The van der Waals surface area contributed by atoms with Crippen molar-refractivity contribution in [3.63, 3.8) is 0 Å². The third-order valence-corrected chi connectivity index (χ3v) is 7.80. The van der Waals surface area contributed by atoms with Crippen molar-refractivity contribution in [2.45, 2.75) is 17.6 Å². The van der Waals surface area contributed by atoms with Crippen LogP contribution in [-0.4, -0.2) is 21.5 Å². The van der Waals surface area contributed by atoms with Crippen molar-refractivity contribution in [3.8, 4) is 0 Å². The van der Waals surface area contributed by atoms with E-state index in [9.17, 15) is 8.42 Å². The first kappa shape index (κ1) is 14.9. The molecule has 1 N–H and O–H groups in total. The van der Waals surface area contributed by atoms with Crippen molar-refractivity contribution in [1.82, 2.24) is 0 Å². The predicted molar refractivity (Wildman–Crippen MR) is 90.8 cm³/mol. The Kier molecular flexibility index (Phi) is 3.98. The van der Waals surface area contributed by atoms with Gasteiger partial charge in [0.05, 0.1) is 15.2 Å². The number of fused-ring (bicyclic) bond motifs is 1. The highest BCUT2D eigenvalue weighted by Crippen LogP contribution is 2.37. The summed E-state index contributed by atoms with van der Waals surface area (Å²) in [4.78, 5) is 0. The molecule has 1 aromatic carbocycles. The maximum atomic E-state index is 13.0. The van der Waals surface area contributed by atoms with Gasteiger partial charge in [-0.15, -0.1) is 11.3 Å². The van der Waals surface area contributed by atoms with Crippen molar-refractivity contribution in [1.29, 1.82) is 0 Å². The molecular formula is C14H15BrN2O2S2. The second-order valence-electron chi connectivity index (χ2n) is 4.90. The molecule has 0 saturated heterocycles. The molecule has 2 heterocycles.